The lowest BCUT2D eigenvalue weighted by Crippen LogP contribution is -2.39. The van der Waals surface area contributed by atoms with Crippen molar-refractivity contribution in [2.75, 3.05) is 10.2 Å². The van der Waals surface area contributed by atoms with Gasteiger partial charge in [-0.15, -0.1) is 11.3 Å². The predicted octanol–water partition coefficient (Wildman–Crippen LogP) is 5.61. The van der Waals surface area contributed by atoms with Gasteiger partial charge in [-0.1, -0.05) is 32.9 Å². The van der Waals surface area contributed by atoms with Crippen molar-refractivity contribution >= 4 is 34.4 Å². The summed E-state index contributed by atoms with van der Waals surface area (Å²) in [5, 5.41) is 5.58. The largest absolute Gasteiger partial charge is 0.357 e. The van der Waals surface area contributed by atoms with E-state index >= 15 is 0 Å². The van der Waals surface area contributed by atoms with E-state index < -0.39 is 0 Å². The van der Waals surface area contributed by atoms with Gasteiger partial charge in [0.2, 0.25) is 5.91 Å². The number of benzene rings is 1. The molecule has 0 unspecified atom stereocenters. The maximum atomic E-state index is 13.4. The van der Waals surface area contributed by atoms with Gasteiger partial charge in [-0.2, -0.15) is 0 Å². The van der Waals surface area contributed by atoms with Crippen molar-refractivity contribution < 1.29 is 9.59 Å². The molecule has 146 valence electrons. The van der Waals surface area contributed by atoms with Crippen LogP contribution in [0.15, 0.2) is 47.0 Å². The number of nitrogens with one attached hydrogen (secondary N) is 1. The molecule has 5 heteroatoms. The van der Waals surface area contributed by atoms with Crippen molar-refractivity contribution in [1.29, 1.82) is 0 Å². The Hall–Kier alpha value is -2.40. The molecule has 1 aliphatic carbocycles. The number of fused-ring (bicyclic) bond motifs is 1. The lowest BCUT2D eigenvalue weighted by atomic mass is 9.74. The van der Waals surface area contributed by atoms with Crippen LogP contribution in [0.4, 0.5) is 11.4 Å². The third-order valence-corrected chi connectivity index (χ3v) is 6.69. The van der Waals surface area contributed by atoms with Crippen molar-refractivity contribution in [3.8, 4) is 0 Å². The average Bonchev–Trinajstić information content (AvgIpc) is 2.99. The Bertz CT molecular complexity index is 986. The van der Waals surface area contributed by atoms with Crippen LogP contribution in [0.3, 0.4) is 0 Å². The van der Waals surface area contributed by atoms with E-state index in [9.17, 15) is 9.59 Å². The highest BCUT2D eigenvalue weighted by molar-refractivity contribution is 7.10. The number of ketones is 1. The van der Waals surface area contributed by atoms with E-state index in [0.29, 0.717) is 12.8 Å². The SMILES string of the molecule is CCC(=O)N1c2ccccc2NC2=C(C(=O)CC(C)(C)C2)[C@H]1c1sccc1C. The number of hydrogen-bond acceptors (Lipinski definition) is 4. The maximum Gasteiger partial charge on any atom is 0.227 e. The van der Waals surface area contributed by atoms with Gasteiger partial charge < -0.3 is 5.32 Å². The molecule has 0 radical (unpaired) electrons. The number of anilines is 2. The van der Waals surface area contributed by atoms with Gasteiger partial charge in [0.05, 0.1) is 11.4 Å². The van der Waals surface area contributed by atoms with Gasteiger partial charge in [0.1, 0.15) is 6.04 Å². The van der Waals surface area contributed by atoms with Crippen LogP contribution < -0.4 is 10.2 Å². The summed E-state index contributed by atoms with van der Waals surface area (Å²) in [4.78, 5) is 29.5. The van der Waals surface area contributed by atoms with Crippen LogP contribution >= 0.6 is 11.3 Å². The Morgan fingerprint density at radius 1 is 1.25 bits per heavy atom. The average molecular weight is 395 g/mol. The van der Waals surface area contributed by atoms with Gasteiger partial charge in [-0.3, -0.25) is 14.5 Å². The Balaban J connectivity index is 2.02. The molecule has 0 saturated carbocycles. The first kappa shape index (κ1) is 18.9. The summed E-state index contributed by atoms with van der Waals surface area (Å²) in [5.41, 5.74) is 4.45. The number of nitrogens with zero attached hydrogens (tertiary/aromatic N) is 1. The van der Waals surface area contributed by atoms with E-state index in [1.807, 2.05) is 41.5 Å². The third kappa shape index (κ3) is 3.08. The summed E-state index contributed by atoms with van der Waals surface area (Å²) >= 11 is 1.62. The van der Waals surface area contributed by atoms with Crippen LogP contribution in [0.25, 0.3) is 0 Å². The highest BCUT2D eigenvalue weighted by Crippen LogP contribution is 2.49. The van der Waals surface area contributed by atoms with E-state index in [1.54, 1.807) is 11.3 Å². The first-order valence-electron chi connectivity index (χ1n) is 9.81. The minimum atomic E-state index is -0.373. The van der Waals surface area contributed by atoms with Crippen LogP contribution in [-0.4, -0.2) is 11.7 Å². The number of amides is 1. The number of allylic oxidation sites excluding steroid dienone is 1. The quantitative estimate of drug-likeness (QED) is 0.720. The molecule has 1 aliphatic heterocycles. The fraction of sp³-hybridized carbons (Fsp3) is 0.391. The summed E-state index contributed by atoms with van der Waals surface area (Å²) in [7, 11) is 0. The van der Waals surface area contributed by atoms with Crippen molar-refractivity contribution in [2.24, 2.45) is 5.41 Å². The highest BCUT2D eigenvalue weighted by Gasteiger charge is 2.43. The second-order valence-corrected chi connectivity index (χ2v) is 9.41. The van der Waals surface area contributed by atoms with Gasteiger partial charge >= 0.3 is 0 Å². The van der Waals surface area contributed by atoms with Crippen molar-refractivity contribution in [1.82, 2.24) is 0 Å². The van der Waals surface area contributed by atoms with E-state index in [-0.39, 0.29) is 23.1 Å². The summed E-state index contributed by atoms with van der Waals surface area (Å²) in [5.74, 6) is 0.164. The maximum absolute atomic E-state index is 13.4. The monoisotopic (exact) mass is 394 g/mol. The molecule has 4 nitrogen and oxygen atoms in total. The number of hydrogen-bond donors (Lipinski definition) is 1. The van der Waals surface area contributed by atoms with Crippen LogP contribution in [0.5, 0.6) is 0 Å². The van der Waals surface area contributed by atoms with Gasteiger partial charge in [-0.25, -0.2) is 0 Å². The Morgan fingerprint density at radius 3 is 2.68 bits per heavy atom. The number of aryl methyl sites for hydroxylation is 1. The van der Waals surface area contributed by atoms with Gasteiger partial charge in [-0.05, 0) is 47.9 Å². The molecular weight excluding hydrogens is 368 g/mol. The van der Waals surface area contributed by atoms with Crippen LogP contribution in [0, 0.1) is 12.3 Å². The number of Topliss-reactive ketones (excluding diaryl/α,β-unsaturated/α-hetero) is 1. The number of para-hydroxylation sites is 2. The molecule has 1 aromatic carbocycles. The first-order chi connectivity index (χ1) is 13.3. The molecule has 0 bridgehead atoms. The van der Waals surface area contributed by atoms with E-state index in [0.717, 1.165) is 39.5 Å². The summed E-state index contributed by atoms with van der Waals surface area (Å²) in [6.45, 7) is 8.20. The number of thiophene rings is 1. The molecule has 0 fully saturated rings. The molecule has 2 heterocycles. The molecule has 2 aromatic rings. The molecule has 2 aliphatic rings. The van der Waals surface area contributed by atoms with Crippen molar-refractivity contribution in [3.63, 3.8) is 0 Å². The second kappa shape index (κ2) is 6.89. The van der Waals surface area contributed by atoms with Crippen LogP contribution in [-0.2, 0) is 9.59 Å². The molecule has 1 N–H and O–H groups in total. The highest BCUT2D eigenvalue weighted by atomic mass is 32.1. The fourth-order valence-corrected chi connectivity index (χ4v) is 5.37. The van der Waals surface area contributed by atoms with Gasteiger partial charge in [0.25, 0.3) is 0 Å². The normalized spacial score (nSPS) is 20.9. The van der Waals surface area contributed by atoms with Crippen LogP contribution in [0.2, 0.25) is 0 Å². The molecule has 1 amide bonds. The molecule has 28 heavy (non-hydrogen) atoms. The lowest BCUT2D eigenvalue weighted by molar-refractivity contribution is -0.119. The Kier molecular flexibility index (Phi) is 4.66. The van der Waals surface area contributed by atoms with E-state index in [4.69, 9.17) is 0 Å². The second-order valence-electron chi connectivity index (χ2n) is 8.46. The number of rotatable bonds is 2. The van der Waals surface area contributed by atoms with Crippen molar-refractivity contribution in [2.45, 2.75) is 53.0 Å². The number of carbonyl (C=O) groups is 2. The van der Waals surface area contributed by atoms with Crippen molar-refractivity contribution in [3.05, 3.63) is 57.4 Å². The fourth-order valence-electron chi connectivity index (χ4n) is 4.35. The van der Waals surface area contributed by atoms with E-state index in [2.05, 4.69) is 32.2 Å². The van der Waals surface area contributed by atoms with Gasteiger partial charge in [0.15, 0.2) is 5.78 Å². The van der Waals surface area contributed by atoms with Gasteiger partial charge in [0, 0.05) is 29.0 Å². The molecular formula is C23H26N2O2S. The third-order valence-electron chi connectivity index (χ3n) is 5.62. The topological polar surface area (TPSA) is 49.4 Å². The molecule has 4 rings (SSSR count). The molecule has 1 atom stereocenters. The summed E-state index contributed by atoms with van der Waals surface area (Å²) < 4.78 is 0. The van der Waals surface area contributed by atoms with E-state index in [1.165, 1.54) is 0 Å². The minimum Gasteiger partial charge on any atom is -0.357 e. The van der Waals surface area contributed by atoms with Crippen LogP contribution in [0.1, 0.15) is 56.5 Å². The smallest absolute Gasteiger partial charge is 0.227 e. The zero-order valence-corrected chi connectivity index (χ0v) is 17.7. The predicted molar refractivity (Wildman–Crippen MR) is 115 cm³/mol. The standard InChI is InChI=1S/C23H26N2O2S/c1-5-19(27)25-17-9-7-6-8-15(17)24-16-12-23(3,4)13-18(26)20(16)21(25)22-14(2)10-11-28-22/h6-11,21,24H,5,12-13H2,1-4H3/t21-/m0/s1. The minimum absolute atomic E-state index is 0.0263. The zero-order valence-electron chi connectivity index (χ0n) is 16.8. The Morgan fingerprint density at radius 2 is 2.00 bits per heavy atom. The molecule has 1 aromatic heterocycles. The molecule has 0 spiro atoms. The summed E-state index contributed by atoms with van der Waals surface area (Å²) in [6, 6.07) is 9.57. The zero-order chi connectivity index (χ0) is 20.1. The lowest BCUT2D eigenvalue weighted by Gasteiger charge is -2.36. The Labute approximate surface area is 170 Å². The molecule has 0 saturated heterocycles. The number of carbonyl (C=O) groups excluding carboxylic acids is 2. The first-order valence-corrected chi connectivity index (χ1v) is 10.7. The summed E-state index contributed by atoms with van der Waals surface area (Å²) in [6.07, 6.45) is 1.67.